The summed E-state index contributed by atoms with van der Waals surface area (Å²) in [5.41, 5.74) is 1.34. The zero-order valence-corrected chi connectivity index (χ0v) is 15.9. The topological polar surface area (TPSA) is 106 Å². The summed E-state index contributed by atoms with van der Waals surface area (Å²) in [6.45, 7) is 4.25. The monoisotopic (exact) mass is 380 g/mol. The van der Waals surface area contributed by atoms with Crippen molar-refractivity contribution in [3.8, 4) is 5.88 Å². The highest BCUT2D eigenvalue weighted by atomic mass is 32.2. The second-order valence-electron chi connectivity index (χ2n) is 6.53. The van der Waals surface area contributed by atoms with E-state index in [0.717, 1.165) is 5.56 Å². The number of sulfonamides is 1. The van der Waals surface area contributed by atoms with Gasteiger partial charge in [-0.1, -0.05) is 6.07 Å². The lowest BCUT2D eigenvalue weighted by molar-refractivity contribution is 0.0279. The van der Waals surface area contributed by atoms with Crippen LogP contribution in [-0.2, 0) is 16.6 Å². The number of methoxy groups -OCH3 is 1. The van der Waals surface area contributed by atoms with Crippen molar-refractivity contribution in [1.82, 2.24) is 19.5 Å². The number of aliphatic hydroxyl groups is 1. The number of ether oxygens (including phenoxy) is 1. The predicted molar refractivity (Wildman–Crippen MR) is 95.2 cm³/mol. The van der Waals surface area contributed by atoms with E-state index in [-0.39, 0.29) is 16.9 Å². The Morgan fingerprint density at radius 2 is 2.12 bits per heavy atom. The third-order valence-corrected chi connectivity index (χ3v) is 6.42. The molecule has 2 aromatic heterocycles. The standard InChI is InChI=1S/C17H24N4O4S/c1-4-21-11(2)15(10-19-21)26(23,24)20-17(13-7-14(22)8-13)12-5-6-16(25-3)18-9-12/h5-6,9-10,13-14,17,20,22H,4,7-8H2,1-3H3/t13?,14?,17-/m0/s1. The number of rotatable bonds is 7. The van der Waals surface area contributed by atoms with Gasteiger partial charge in [0.05, 0.1) is 31.1 Å². The van der Waals surface area contributed by atoms with Crippen LogP contribution in [0.4, 0.5) is 0 Å². The fourth-order valence-electron chi connectivity index (χ4n) is 3.28. The molecule has 1 aliphatic carbocycles. The maximum atomic E-state index is 12.9. The van der Waals surface area contributed by atoms with Gasteiger partial charge >= 0.3 is 0 Å². The molecule has 1 atom stereocenters. The van der Waals surface area contributed by atoms with Crippen molar-refractivity contribution in [3.05, 3.63) is 35.8 Å². The van der Waals surface area contributed by atoms with Crippen molar-refractivity contribution in [1.29, 1.82) is 0 Å². The van der Waals surface area contributed by atoms with Gasteiger partial charge in [0.2, 0.25) is 15.9 Å². The first-order chi connectivity index (χ1) is 12.4. The van der Waals surface area contributed by atoms with Crippen molar-refractivity contribution in [3.63, 3.8) is 0 Å². The Kier molecular flexibility index (Phi) is 5.31. The lowest BCUT2D eigenvalue weighted by Crippen LogP contribution is -2.41. The van der Waals surface area contributed by atoms with Crippen molar-refractivity contribution in [2.75, 3.05) is 7.11 Å². The van der Waals surface area contributed by atoms with Crippen LogP contribution in [0.25, 0.3) is 0 Å². The zero-order chi connectivity index (χ0) is 18.9. The number of hydrogen-bond donors (Lipinski definition) is 2. The molecule has 8 nitrogen and oxygen atoms in total. The van der Waals surface area contributed by atoms with Crippen LogP contribution >= 0.6 is 0 Å². The summed E-state index contributed by atoms with van der Waals surface area (Å²) in [4.78, 5) is 4.35. The first-order valence-electron chi connectivity index (χ1n) is 8.58. The number of aromatic nitrogens is 3. The number of pyridine rings is 1. The molecule has 2 N–H and O–H groups in total. The molecular weight excluding hydrogens is 356 g/mol. The highest BCUT2D eigenvalue weighted by molar-refractivity contribution is 7.89. The molecule has 26 heavy (non-hydrogen) atoms. The SMILES string of the molecule is CCn1ncc(S(=O)(=O)N[C@@H](c2ccc(OC)nc2)C2CC(O)C2)c1C. The summed E-state index contributed by atoms with van der Waals surface area (Å²) in [6.07, 6.45) is 3.70. The highest BCUT2D eigenvalue weighted by Gasteiger charge is 2.38. The van der Waals surface area contributed by atoms with E-state index in [9.17, 15) is 13.5 Å². The van der Waals surface area contributed by atoms with E-state index in [1.807, 2.05) is 6.92 Å². The van der Waals surface area contributed by atoms with Crippen LogP contribution in [0, 0.1) is 12.8 Å². The van der Waals surface area contributed by atoms with Crippen LogP contribution in [0.5, 0.6) is 5.88 Å². The molecule has 0 aliphatic heterocycles. The lowest BCUT2D eigenvalue weighted by atomic mass is 9.76. The molecule has 1 fully saturated rings. The molecule has 3 rings (SSSR count). The lowest BCUT2D eigenvalue weighted by Gasteiger charge is -2.38. The van der Waals surface area contributed by atoms with Crippen LogP contribution in [0.1, 0.15) is 37.1 Å². The molecule has 9 heteroatoms. The molecule has 1 aliphatic rings. The van der Waals surface area contributed by atoms with Gasteiger partial charge in [0.1, 0.15) is 4.90 Å². The maximum absolute atomic E-state index is 12.9. The van der Waals surface area contributed by atoms with Gasteiger partial charge in [-0.3, -0.25) is 4.68 Å². The van der Waals surface area contributed by atoms with Gasteiger partial charge in [0.25, 0.3) is 0 Å². The molecule has 0 aromatic carbocycles. The first kappa shape index (κ1) is 18.8. The average molecular weight is 380 g/mol. The van der Waals surface area contributed by atoms with Gasteiger partial charge in [0.15, 0.2) is 0 Å². The average Bonchev–Trinajstić information content (AvgIpc) is 2.99. The van der Waals surface area contributed by atoms with Gasteiger partial charge in [0, 0.05) is 18.8 Å². The number of aliphatic hydroxyl groups excluding tert-OH is 1. The van der Waals surface area contributed by atoms with E-state index in [2.05, 4.69) is 14.8 Å². The third kappa shape index (κ3) is 3.60. The molecular formula is C17H24N4O4S. The Balaban J connectivity index is 1.90. The minimum atomic E-state index is -3.76. The fraction of sp³-hybridized carbons (Fsp3) is 0.529. The van der Waals surface area contributed by atoms with E-state index in [1.165, 1.54) is 13.3 Å². The molecule has 0 bridgehead atoms. The second-order valence-corrected chi connectivity index (χ2v) is 8.21. The molecule has 142 valence electrons. The Hall–Kier alpha value is -1.97. The summed E-state index contributed by atoms with van der Waals surface area (Å²) >= 11 is 0. The van der Waals surface area contributed by atoms with Crippen molar-refractivity contribution in [2.45, 2.75) is 50.3 Å². The van der Waals surface area contributed by atoms with E-state index in [1.54, 1.807) is 29.9 Å². The molecule has 0 saturated heterocycles. The van der Waals surface area contributed by atoms with Crippen LogP contribution in [-0.4, -0.2) is 41.5 Å². The number of hydrogen-bond acceptors (Lipinski definition) is 6. The molecule has 2 aromatic rings. The molecule has 2 heterocycles. The summed E-state index contributed by atoms with van der Waals surface area (Å²) in [7, 11) is -2.23. The molecule has 1 saturated carbocycles. The smallest absolute Gasteiger partial charge is 0.244 e. The summed E-state index contributed by atoms with van der Waals surface area (Å²) in [5.74, 6) is 0.473. The highest BCUT2D eigenvalue weighted by Crippen LogP contribution is 2.39. The van der Waals surface area contributed by atoms with Crippen LogP contribution in [0.2, 0.25) is 0 Å². The van der Waals surface area contributed by atoms with E-state index in [0.29, 0.717) is 31.0 Å². The van der Waals surface area contributed by atoms with E-state index < -0.39 is 16.1 Å². The van der Waals surface area contributed by atoms with Gasteiger partial charge < -0.3 is 9.84 Å². The Morgan fingerprint density at radius 3 is 2.62 bits per heavy atom. The van der Waals surface area contributed by atoms with Crippen LogP contribution < -0.4 is 9.46 Å². The van der Waals surface area contributed by atoms with Crippen molar-refractivity contribution >= 4 is 10.0 Å². The quantitative estimate of drug-likeness (QED) is 0.752. The first-order valence-corrected chi connectivity index (χ1v) is 10.1. The summed E-state index contributed by atoms with van der Waals surface area (Å²) < 4.78 is 35.4. The largest absolute Gasteiger partial charge is 0.481 e. The molecule has 0 unspecified atom stereocenters. The van der Waals surface area contributed by atoms with Crippen LogP contribution in [0.15, 0.2) is 29.4 Å². The second kappa shape index (κ2) is 7.34. The van der Waals surface area contributed by atoms with Crippen LogP contribution in [0.3, 0.4) is 0 Å². The van der Waals surface area contributed by atoms with Gasteiger partial charge in [-0.15, -0.1) is 0 Å². The normalized spacial score (nSPS) is 21.2. The number of aryl methyl sites for hydroxylation is 1. The minimum absolute atomic E-state index is 0.0106. The number of nitrogens with one attached hydrogen (secondary N) is 1. The Labute approximate surface area is 153 Å². The fourth-order valence-corrected chi connectivity index (χ4v) is 4.75. The summed E-state index contributed by atoms with van der Waals surface area (Å²) in [5, 5.41) is 13.8. The molecule has 0 radical (unpaired) electrons. The van der Waals surface area contributed by atoms with Crippen molar-refractivity contribution < 1.29 is 18.3 Å². The van der Waals surface area contributed by atoms with Gasteiger partial charge in [-0.25, -0.2) is 18.1 Å². The maximum Gasteiger partial charge on any atom is 0.244 e. The molecule has 0 spiro atoms. The van der Waals surface area contributed by atoms with E-state index >= 15 is 0 Å². The summed E-state index contributed by atoms with van der Waals surface area (Å²) in [6, 6.07) is 3.03. The zero-order valence-electron chi connectivity index (χ0n) is 15.1. The van der Waals surface area contributed by atoms with E-state index in [4.69, 9.17) is 4.74 Å². The van der Waals surface area contributed by atoms with Gasteiger partial charge in [-0.05, 0) is 38.2 Å². The minimum Gasteiger partial charge on any atom is -0.481 e. The Morgan fingerprint density at radius 1 is 1.38 bits per heavy atom. The predicted octanol–water partition coefficient (Wildman–Crippen LogP) is 1.41. The van der Waals surface area contributed by atoms with Crippen molar-refractivity contribution in [2.24, 2.45) is 5.92 Å². The molecule has 0 amide bonds. The van der Waals surface area contributed by atoms with Gasteiger partial charge in [-0.2, -0.15) is 5.10 Å². The Bertz CT molecular complexity index is 857. The number of nitrogens with zero attached hydrogens (tertiary/aromatic N) is 3. The third-order valence-electron chi connectivity index (χ3n) is 4.88.